The smallest absolute Gasteiger partial charge is 0.0459 e. The first kappa shape index (κ1) is 17.3. The van der Waals surface area contributed by atoms with E-state index in [-0.39, 0.29) is 0 Å². The van der Waals surface area contributed by atoms with Gasteiger partial charge in [-0.3, -0.25) is 4.90 Å². The summed E-state index contributed by atoms with van der Waals surface area (Å²) in [5.74, 6) is 0.507. The van der Waals surface area contributed by atoms with Gasteiger partial charge >= 0.3 is 0 Å². The quantitative estimate of drug-likeness (QED) is 0.721. The monoisotopic (exact) mass is 347 g/mol. The minimum Gasteiger partial charge on any atom is -0.358 e. The third kappa shape index (κ3) is 3.42. The number of fused-ring (bicyclic) bond motifs is 3. The second-order valence-corrected chi connectivity index (χ2v) is 7.54. The van der Waals surface area contributed by atoms with E-state index in [1.807, 2.05) is 0 Å². The van der Waals surface area contributed by atoms with Crippen LogP contribution in [-0.4, -0.2) is 35.6 Å². The van der Waals surface area contributed by atoms with E-state index in [2.05, 4.69) is 83.6 Å². The largest absolute Gasteiger partial charge is 0.358 e. The van der Waals surface area contributed by atoms with E-state index < -0.39 is 0 Å². The maximum absolute atomic E-state index is 3.72. The van der Waals surface area contributed by atoms with Gasteiger partial charge in [0.1, 0.15) is 0 Å². The zero-order valence-corrected chi connectivity index (χ0v) is 15.8. The summed E-state index contributed by atoms with van der Waals surface area (Å²) < 4.78 is 0. The van der Waals surface area contributed by atoms with Gasteiger partial charge in [-0.2, -0.15) is 0 Å². The SMILES string of the molecule is CCNC[C@@H]1Cc2c([nH]c3ccccc23)[C@@H](C)CN1Cc1ccccc1. The maximum Gasteiger partial charge on any atom is 0.0459 e. The normalized spacial score (nSPS) is 20.8. The molecule has 1 aliphatic heterocycles. The minimum absolute atomic E-state index is 0.507. The van der Waals surface area contributed by atoms with Crippen LogP contribution in [0.3, 0.4) is 0 Å². The molecule has 0 radical (unpaired) electrons. The number of para-hydroxylation sites is 1. The number of hydrogen-bond donors (Lipinski definition) is 2. The number of aromatic amines is 1. The van der Waals surface area contributed by atoms with Gasteiger partial charge in [0, 0.05) is 48.2 Å². The maximum atomic E-state index is 3.72. The molecule has 0 saturated carbocycles. The first-order chi connectivity index (χ1) is 12.8. The van der Waals surface area contributed by atoms with E-state index in [0.717, 1.165) is 32.6 Å². The fraction of sp³-hybridized carbons (Fsp3) is 0.391. The number of aromatic nitrogens is 1. The topological polar surface area (TPSA) is 31.1 Å². The van der Waals surface area contributed by atoms with E-state index in [1.54, 1.807) is 0 Å². The van der Waals surface area contributed by atoms with Crippen LogP contribution in [0.2, 0.25) is 0 Å². The number of H-pyrrole nitrogens is 1. The zero-order chi connectivity index (χ0) is 17.9. The highest BCUT2D eigenvalue weighted by atomic mass is 15.2. The second-order valence-electron chi connectivity index (χ2n) is 7.54. The van der Waals surface area contributed by atoms with Crippen molar-refractivity contribution in [1.82, 2.24) is 15.2 Å². The van der Waals surface area contributed by atoms with Crippen LogP contribution in [0.1, 0.15) is 36.6 Å². The lowest BCUT2D eigenvalue weighted by Gasteiger charge is -2.31. The van der Waals surface area contributed by atoms with Crippen LogP contribution in [0, 0.1) is 0 Å². The molecule has 0 aliphatic carbocycles. The van der Waals surface area contributed by atoms with E-state index in [9.17, 15) is 0 Å². The summed E-state index contributed by atoms with van der Waals surface area (Å²) in [4.78, 5) is 6.39. The highest BCUT2D eigenvalue weighted by Crippen LogP contribution is 2.33. The van der Waals surface area contributed by atoms with E-state index in [4.69, 9.17) is 0 Å². The van der Waals surface area contributed by atoms with Gasteiger partial charge in [-0.15, -0.1) is 0 Å². The summed E-state index contributed by atoms with van der Waals surface area (Å²) in [7, 11) is 0. The molecular weight excluding hydrogens is 318 g/mol. The summed E-state index contributed by atoms with van der Waals surface area (Å²) in [6.45, 7) is 8.72. The molecule has 2 heterocycles. The Hall–Kier alpha value is -2.10. The Morgan fingerprint density at radius 2 is 1.85 bits per heavy atom. The molecule has 1 aliphatic rings. The van der Waals surface area contributed by atoms with Crippen LogP contribution in [0.15, 0.2) is 54.6 Å². The molecule has 2 N–H and O–H groups in total. The van der Waals surface area contributed by atoms with Crippen molar-refractivity contribution in [1.29, 1.82) is 0 Å². The lowest BCUT2D eigenvalue weighted by atomic mass is 9.99. The van der Waals surface area contributed by atoms with Gasteiger partial charge in [-0.25, -0.2) is 0 Å². The van der Waals surface area contributed by atoms with Crippen molar-refractivity contribution < 1.29 is 0 Å². The number of rotatable bonds is 5. The van der Waals surface area contributed by atoms with Crippen molar-refractivity contribution in [2.75, 3.05) is 19.6 Å². The molecule has 0 saturated heterocycles. The first-order valence-corrected chi connectivity index (χ1v) is 9.84. The first-order valence-electron chi connectivity index (χ1n) is 9.84. The zero-order valence-electron chi connectivity index (χ0n) is 15.8. The summed E-state index contributed by atoms with van der Waals surface area (Å²) in [6.07, 6.45) is 1.10. The van der Waals surface area contributed by atoms with Crippen molar-refractivity contribution in [3.63, 3.8) is 0 Å². The van der Waals surface area contributed by atoms with E-state index in [0.29, 0.717) is 12.0 Å². The molecule has 1 aromatic heterocycles. The average molecular weight is 348 g/mol. The molecule has 4 rings (SSSR count). The predicted molar refractivity (Wildman–Crippen MR) is 110 cm³/mol. The second kappa shape index (κ2) is 7.65. The molecular formula is C23H29N3. The third-order valence-electron chi connectivity index (χ3n) is 5.66. The molecule has 26 heavy (non-hydrogen) atoms. The number of nitrogens with zero attached hydrogens (tertiary/aromatic N) is 1. The van der Waals surface area contributed by atoms with Crippen LogP contribution in [-0.2, 0) is 13.0 Å². The molecule has 0 bridgehead atoms. The van der Waals surface area contributed by atoms with Crippen molar-refractivity contribution in [2.45, 2.75) is 38.8 Å². The molecule has 2 aromatic carbocycles. The molecule has 3 nitrogen and oxygen atoms in total. The Labute approximate surface area is 156 Å². The Kier molecular flexibility index (Phi) is 5.09. The van der Waals surface area contributed by atoms with Gasteiger partial charge in [-0.1, -0.05) is 62.4 Å². The van der Waals surface area contributed by atoms with Gasteiger partial charge in [-0.05, 0) is 30.2 Å². The minimum atomic E-state index is 0.507. The fourth-order valence-corrected chi connectivity index (χ4v) is 4.34. The lowest BCUT2D eigenvalue weighted by molar-refractivity contribution is 0.180. The van der Waals surface area contributed by atoms with Gasteiger partial charge in [0.25, 0.3) is 0 Å². The standard InChI is InChI=1S/C23H29N3/c1-3-24-14-19-13-21-20-11-7-8-12-22(20)25-23(21)17(2)15-26(19)16-18-9-5-4-6-10-18/h4-12,17,19,24-25H,3,13-16H2,1-2H3/t17-,19-/m0/s1. The molecule has 0 amide bonds. The Bertz CT molecular complexity index is 852. The Balaban J connectivity index is 1.68. The molecule has 3 heteroatoms. The van der Waals surface area contributed by atoms with Crippen LogP contribution < -0.4 is 5.32 Å². The van der Waals surface area contributed by atoms with Crippen LogP contribution in [0.4, 0.5) is 0 Å². The number of likely N-dealkylation sites (N-methyl/N-ethyl adjacent to an activating group) is 1. The highest BCUT2D eigenvalue weighted by molar-refractivity contribution is 5.85. The molecule has 0 unspecified atom stereocenters. The molecule has 0 fully saturated rings. The van der Waals surface area contributed by atoms with Crippen molar-refractivity contribution in [2.24, 2.45) is 0 Å². The van der Waals surface area contributed by atoms with Crippen molar-refractivity contribution in [3.8, 4) is 0 Å². The van der Waals surface area contributed by atoms with Crippen LogP contribution >= 0.6 is 0 Å². The summed E-state index contributed by atoms with van der Waals surface area (Å²) in [5.41, 5.74) is 5.63. The lowest BCUT2D eigenvalue weighted by Crippen LogP contribution is -2.43. The Morgan fingerprint density at radius 3 is 2.65 bits per heavy atom. The predicted octanol–water partition coefficient (Wildman–Crippen LogP) is 4.31. The number of nitrogens with one attached hydrogen (secondary N) is 2. The van der Waals surface area contributed by atoms with Crippen molar-refractivity contribution in [3.05, 3.63) is 71.4 Å². The van der Waals surface area contributed by atoms with Gasteiger partial charge < -0.3 is 10.3 Å². The molecule has 136 valence electrons. The summed E-state index contributed by atoms with van der Waals surface area (Å²) >= 11 is 0. The van der Waals surface area contributed by atoms with Crippen molar-refractivity contribution >= 4 is 10.9 Å². The van der Waals surface area contributed by atoms with E-state index >= 15 is 0 Å². The Morgan fingerprint density at radius 1 is 1.08 bits per heavy atom. The summed E-state index contributed by atoms with van der Waals surface area (Å²) in [6, 6.07) is 20.2. The number of benzene rings is 2. The number of hydrogen-bond acceptors (Lipinski definition) is 2. The average Bonchev–Trinajstić information content (AvgIpc) is 2.98. The van der Waals surface area contributed by atoms with Gasteiger partial charge in [0.05, 0.1) is 0 Å². The summed E-state index contributed by atoms with van der Waals surface area (Å²) in [5, 5.41) is 5.00. The highest BCUT2D eigenvalue weighted by Gasteiger charge is 2.29. The molecule has 0 spiro atoms. The van der Waals surface area contributed by atoms with Gasteiger partial charge in [0.2, 0.25) is 0 Å². The molecule has 3 aromatic rings. The van der Waals surface area contributed by atoms with Gasteiger partial charge in [0.15, 0.2) is 0 Å². The fourth-order valence-electron chi connectivity index (χ4n) is 4.34. The third-order valence-corrected chi connectivity index (χ3v) is 5.66. The molecule has 2 atom stereocenters. The van der Waals surface area contributed by atoms with Crippen LogP contribution in [0.25, 0.3) is 10.9 Å². The van der Waals surface area contributed by atoms with E-state index in [1.165, 1.54) is 27.7 Å². The van der Waals surface area contributed by atoms with Crippen LogP contribution in [0.5, 0.6) is 0 Å².